The molecule has 70 valence electrons. The molecule has 0 saturated heterocycles. The second-order valence-electron chi connectivity index (χ2n) is 3.00. The van der Waals surface area contributed by atoms with Gasteiger partial charge in [0, 0.05) is 20.6 Å². The Labute approximate surface area is 78.2 Å². The molecule has 3 nitrogen and oxygen atoms in total. The SMILES string of the molecule is COC1CC(C)N=C(SC)N1C. The Hall–Kier alpha value is -0.220. The van der Waals surface area contributed by atoms with Crippen molar-refractivity contribution in [2.75, 3.05) is 20.4 Å². The highest BCUT2D eigenvalue weighted by atomic mass is 32.2. The number of aliphatic imine (C=N–C) groups is 1. The maximum atomic E-state index is 5.34. The molecule has 1 aliphatic heterocycles. The fraction of sp³-hybridized carbons (Fsp3) is 0.875. The molecule has 0 spiro atoms. The summed E-state index contributed by atoms with van der Waals surface area (Å²) in [6, 6.07) is 0.383. The smallest absolute Gasteiger partial charge is 0.160 e. The maximum absolute atomic E-state index is 5.34. The molecule has 0 amide bonds. The third kappa shape index (κ3) is 1.93. The van der Waals surface area contributed by atoms with Crippen LogP contribution in [0.15, 0.2) is 4.99 Å². The van der Waals surface area contributed by atoms with Crippen LogP contribution in [0.25, 0.3) is 0 Å². The van der Waals surface area contributed by atoms with Crippen LogP contribution in [0.3, 0.4) is 0 Å². The number of methoxy groups -OCH3 is 1. The van der Waals surface area contributed by atoms with Gasteiger partial charge in [-0.3, -0.25) is 4.99 Å². The predicted molar refractivity (Wildman–Crippen MR) is 53.6 cm³/mol. The summed E-state index contributed by atoms with van der Waals surface area (Å²) in [4.78, 5) is 6.59. The van der Waals surface area contributed by atoms with Crippen molar-refractivity contribution in [3.63, 3.8) is 0 Å². The Bertz CT molecular complexity index is 184. The van der Waals surface area contributed by atoms with E-state index in [4.69, 9.17) is 4.74 Å². The summed E-state index contributed by atoms with van der Waals surface area (Å²) >= 11 is 1.67. The number of rotatable bonds is 1. The first-order valence-electron chi connectivity index (χ1n) is 4.06. The molecule has 0 aromatic rings. The first kappa shape index (κ1) is 9.86. The largest absolute Gasteiger partial charge is 0.361 e. The van der Waals surface area contributed by atoms with Crippen molar-refractivity contribution >= 4 is 16.9 Å². The van der Waals surface area contributed by atoms with Gasteiger partial charge in [-0.25, -0.2) is 0 Å². The van der Waals surface area contributed by atoms with Gasteiger partial charge in [-0.05, 0) is 13.2 Å². The highest BCUT2D eigenvalue weighted by Crippen LogP contribution is 2.20. The van der Waals surface area contributed by atoms with Crippen molar-refractivity contribution in [3.8, 4) is 0 Å². The lowest BCUT2D eigenvalue weighted by Crippen LogP contribution is -2.42. The molecule has 0 N–H and O–H groups in total. The van der Waals surface area contributed by atoms with E-state index in [0.717, 1.165) is 11.6 Å². The summed E-state index contributed by atoms with van der Waals surface area (Å²) < 4.78 is 5.34. The first-order valence-corrected chi connectivity index (χ1v) is 5.29. The summed E-state index contributed by atoms with van der Waals surface area (Å²) in [5, 5.41) is 1.07. The van der Waals surface area contributed by atoms with E-state index in [2.05, 4.69) is 16.8 Å². The van der Waals surface area contributed by atoms with Crippen LogP contribution >= 0.6 is 11.8 Å². The molecular weight excluding hydrogens is 172 g/mol. The lowest BCUT2D eigenvalue weighted by molar-refractivity contribution is 0.00525. The minimum Gasteiger partial charge on any atom is -0.361 e. The Kier molecular flexibility index (Phi) is 3.40. The van der Waals surface area contributed by atoms with E-state index in [-0.39, 0.29) is 6.23 Å². The molecule has 0 saturated carbocycles. The maximum Gasteiger partial charge on any atom is 0.160 e. The summed E-state index contributed by atoms with van der Waals surface area (Å²) in [6.45, 7) is 2.12. The van der Waals surface area contributed by atoms with Crippen molar-refractivity contribution in [2.24, 2.45) is 4.99 Å². The van der Waals surface area contributed by atoms with Crippen molar-refractivity contribution < 1.29 is 4.74 Å². The van der Waals surface area contributed by atoms with Crippen LogP contribution in [0.5, 0.6) is 0 Å². The summed E-state index contributed by atoms with van der Waals surface area (Å²) in [6.07, 6.45) is 3.22. The van der Waals surface area contributed by atoms with Gasteiger partial charge >= 0.3 is 0 Å². The normalized spacial score (nSPS) is 30.3. The molecule has 0 bridgehead atoms. The molecule has 1 rings (SSSR count). The van der Waals surface area contributed by atoms with Crippen LogP contribution in [-0.4, -0.2) is 42.8 Å². The van der Waals surface area contributed by atoms with Gasteiger partial charge < -0.3 is 9.64 Å². The van der Waals surface area contributed by atoms with Gasteiger partial charge in [0.15, 0.2) is 5.17 Å². The molecule has 2 unspecified atom stereocenters. The van der Waals surface area contributed by atoms with Gasteiger partial charge in [-0.1, -0.05) is 11.8 Å². The van der Waals surface area contributed by atoms with Crippen LogP contribution in [0.1, 0.15) is 13.3 Å². The Morgan fingerprint density at radius 1 is 1.67 bits per heavy atom. The van der Waals surface area contributed by atoms with Crippen LogP contribution in [-0.2, 0) is 4.74 Å². The molecule has 1 heterocycles. The molecule has 0 fully saturated rings. The van der Waals surface area contributed by atoms with E-state index in [1.165, 1.54) is 0 Å². The van der Waals surface area contributed by atoms with Gasteiger partial charge in [0.25, 0.3) is 0 Å². The lowest BCUT2D eigenvalue weighted by Gasteiger charge is -2.34. The Balaban J connectivity index is 2.72. The highest BCUT2D eigenvalue weighted by molar-refractivity contribution is 8.13. The number of amidine groups is 1. The predicted octanol–water partition coefficient (Wildman–Crippen LogP) is 1.40. The second kappa shape index (κ2) is 4.14. The molecule has 12 heavy (non-hydrogen) atoms. The summed E-state index contributed by atoms with van der Waals surface area (Å²) in [5.74, 6) is 0. The van der Waals surface area contributed by atoms with Crippen molar-refractivity contribution in [1.82, 2.24) is 4.90 Å². The van der Waals surface area contributed by atoms with E-state index in [1.807, 2.05) is 13.3 Å². The third-order valence-corrected chi connectivity index (χ3v) is 2.82. The zero-order valence-corrected chi connectivity index (χ0v) is 8.89. The summed E-state index contributed by atoms with van der Waals surface area (Å²) in [7, 11) is 3.77. The molecule has 2 atom stereocenters. The zero-order chi connectivity index (χ0) is 9.14. The Morgan fingerprint density at radius 2 is 2.33 bits per heavy atom. The second-order valence-corrected chi connectivity index (χ2v) is 3.78. The topological polar surface area (TPSA) is 24.8 Å². The fourth-order valence-electron chi connectivity index (χ4n) is 1.36. The number of thioether (sulfide) groups is 1. The average molecular weight is 188 g/mol. The standard InChI is InChI=1S/C8H16N2OS/c1-6-5-7(11-3)10(2)8(9-6)12-4/h6-7H,5H2,1-4H3. The van der Waals surface area contributed by atoms with Crippen LogP contribution in [0.2, 0.25) is 0 Å². The molecule has 0 aromatic heterocycles. The van der Waals surface area contributed by atoms with Crippen LogP contribution in [0.4, 0.5) is 0 Å². The van der Waals surface area contributed by atoms with Gasteiger partial charge in [0.05, 0.1) is 6.04 Å². The first-order chi connectivity index (χ1) is 5.69. The Morgan fingerprint density at radius 3 is 2.83 bits per heavy atom. The van der Waals surface area contributed by atoms with Crippen molar-refractivity contribution in [2.45, 2.75) is 25.6 Å². The quantitative estimate of drug-likeness (QED) is 0.622. The molecule has 0 aliphatic carbocycles. The summed E-state index contributed by atoms with van der Waals surface area (Å²) in [5.41, 5.74) is 0. The minimum absolute atomic E-state index is 0.194. The minimum atomic E-state index is 0.194. The molecular formula is C8H16N2OS. The lowest BCUT2D eigenvalue weighted by atomic mass is 10.2. The third-order valence-electron chi connectivity index (χ3n) is 2.06. The van der Waals surface area contributed by atoms with Gasteiger partial charge in [-0.2, -0.15) is 0 Å². The van der Waals surface area contributed by atoms with E-state index in [9.17, 15) is 0 Å². The van der Waals surface area contributed by atoms with E-state index in [1.54, 1.807) is 18.9 Å². The van der Waals surface area contributed by atoms with Crippen molar-refractivity contribution in [1.29, 1.82) is 0 Å². The van der Waals surface area contributed by atoms with E-state index < -0.39 is 0 Å². The number of hydrogen-bond donors (Lipinski definition) is 0. The van der Waals surface area contributed by atoms with E-state index >= 15 is 0 Å². The van der Waals surface area contributed by atoms with Gasteiger partial charge in [-0.15, -0.1) is 0 Å². The van der Waals surface area contributed by atoms with Gasteiger partial charge in [0.1, 0.15) is 6.23 Å². The highest BCUT2D eigenvalue weighted by Gasteiger charge is 2.24. The number of hydrogen-bond acceptors (Lipinski definition) is 4. The zero-order valence-electron chi connectivity index (χ0n) is 8.07. The molecule has 1 aliphatic rings. The number of nitrogens with zero attached hydrogens (tertiary/aromatic N) is 2. The van der Waals surface area contributed by atoms with Gasteiger partial charge in [0.2, 0.25) is 0 Å². The average Bonchev–Trinajstić information content (AvgIpc) is 2.08. The van der Waals surface area contributed by atoms with Crippen LogP contribution in [0, 0.1) is 0 Å². The van der Waals surface area contributed by atoms with Crippen molar-refractivity contribution in [3.05, 3.63) is 0 Å². The molecule has 0 aromatic carbocycles. The molecule has 4 heteroatoms. The monoisotopic (exact) mass is 188 g/mol. The van der Waals surface area contributed by atoms with E-state index in [0.29, 0.717) is 6.04 Å². The molecule has 0 radical (unpaired) electrons. The van der Waals surface area contributed by atoms with Crippen LogP contribution < -0.4 is 0 Å². The number of ether oxygens (including phenoxy) is 1. The fourth-order valence-corrected chi connectivity index (χ4v) is 2.05.